The van der Waals surface area contributed by atoms with E-state index in [9.17, 15) is 18.0 Å². The molecule has 5 nitrogen and oxygen atoms in total. The van der Waals surface area contributed by atoms with Crippen LogP contribution in [-0.4, -0.2) is 47.7 Å². The monoisotopic (exact) mass is 256 g/mol. The second kappa shape index (κ2) is 6.43. The van der Waals surface area contributed by atoms with Gasteiger partial charge in [0.2, 0.25) is 5.91 Å². The number of nitrogens with two attached hydrogens (primary N) is 1. The number of primary amides is 1. The second-order valence-electron chi connectivity index (χ2n) is 3.70. The molecule has 0 radical (unpaired) electrons. The van der Waals surface area contributed by atoms with Crippen molar-refractivity contribution in [2.75, 3.05) is 13.6 Å². The van der Waals surface area contributed by atoms with Gasteiger partial charge in [-0.15, -0.1) is 0 Å². The zero-order chi connectivity index (χ0) is 13.6. The lowest BCUT2D eigenvalue weighted by atomic mass is 10.0. The first-order chi connectivity index (χ1) is 7.66. The standard InChI is InChI=1S/C7H14N2O.C2HF3O2/c1-9-5-3-2-4-6(9)7(8)10;3-2(4,5)1(6)7/h6H,2-5H2,1H3,(H2,8,10);(H,6,7). The zero-order valence-electron chi connectivity index (χ0n) is 9.33. The summed E-state index contributed by atoms with van der Waals surface area (Å²) in [5.74, 6) is -2.94. The number of amides is 1. The highest BCUT2D eigenvalue weighted by Gasteiger charge is 2.38. The third kappa shape index (κ3) is 6.10. The van der Waals surface area contributed by atoms with Gasteiger partial charge in [-0.05, 0) is 26.4 Å². The Kier molecular flexibility index (Phi) is 5.94. The van der Waals surface area contributed by atoms with Crippen LogP contribution in [0.15, 0.2) is 0 Å². The van der Waals surface area contributed by atoms with Crippen molar-refractivity contribution in [1.29, 1.82) is 0 Å². The van der Waals surface area contributed by atoms with Crippen LogP contribution in [0.3, 0.4) is 0 Å². The lowest BCUT2D eigenvalue weighted by molar-refractivity contribution is -0.192. The largest absolute Gasteiger partial charge is 0.490 e. The maximum absolute atomic E-state index is 10.7. The van der Waals surface area contributed by atoms with E-state index < -0.39 is 12.1 Å². The topological polar surface area (TPSA) is 83.6 Å². The molecule has 1 unspecified atom stereocenters. The fourth-order valence-corrected chi connectivity index (χ4v) is 1.43. The summed E-state index contributed by atoms with van der Waals surface area (Å²) in [4.78, 5) is 21.7. The molecule has 100 valence electrons. The van der Waals surface area contributed by atoms with Gasteiger partial charge < -0.3 is 10.8 Å². The minimum atomic E-state index is -5.08. The van der Waals surface area contributed by atoms with Gasteiger partial charge >= 0.3 is 12.1 Å². The number of carboxylic acid groups (broad SMARTS) is 1. The first kappa shape index (κ1) is 15.7. The maximum Gasteiger partial charge on any atom is 0.490 e. The third-order valence-corrected chi connectivity index (χ3v) is 2.34. The van der Waals surface area contributed by atoms with Crippen LogP contribution in [0.1, 0.15) is 19.3 Å². The molecule has 1 saturated heterocycles. The van der Waals surface area contributed by atoms with Gasteiger partial charge in [0.1, 0.15) is 0 Å². The molecule has 17 heavy (non-hydrogen) atoms. The van der Waals surface area contributed by atoms with E-state index in [1.54, 1.807) is 0 Å². The van der Waals surface area contributed by atoms with E-state index in [1.165, 1.54) is 6.42 Å². The van der Waals surface area contributed by atoms with E-state index >= 15 is 0 Å². The molecule has 0 spiro atoms. The minimum absolute atomic E-state index is 0.00579. The molecule has 0 aliphatic carbocycles. The Morgan fingerprint density at radius 3 is 2.06 bits per heavy atom. The fourth-order valence-electron chi connectivity index (χ4n) is 1.43. The average molecular weight is 256 g/mol. The van der Waals surface area contributed by atoms with E-state index in [2.05, 4.69) is 0 Å². The lowest BCUT2D eigenvalue weighted by Gasteiger charge is -2.29. The SMILES string of the molecule is CN1CCCCC1C(N)=O.O=C(O)C(F)(F)F. The minimum Gasteiger partial charge on any atom is -0.475 e. The highest BCUT2D eigenvalue weighted by Crippen LogP contribution is 2.14. The van der Waals surface area contributed by atoms with Gasteiger partial charge in [-0.1, -0.05) is 6.42 Å². The summed E-state index contributed by atoms with van der Waals surface area (Å²) in [6.07, 6.45) is -1.82. The number of alkyl halides is 3. The molecule has 0 aromatic heterocycles. The molecular weight excluding hydrogens is 241 g/mol. The predicted molar refractivity (Wildman–Crippen MR) is 53.2 cm³/mol. The Bertz CT molecular complexity index is 281. The number of halogens is 3. The molecule has 1 heterocycles. The molecule has 1 fully saturated rings. The van der Waals surface area contributed by atoms with Crippen LogP contribution < -0.4 is 5.73 Å². The number of piperidine rings is 1. The van der Waals surface area contributed by atoms with Gasteiger partial charge in [0.05, 0.1) is 6.04 Å². The molecule has 0 aromatic rings. The van der Waals surface area contributed by atoms with Gasteiger partial charge in [-0.3, -0.25) is 9.69 Å². The lowest BCUT2D eigenvalue weighted by Crippen LogP contribution is -2.45. The van der Waals surface area contributed by atoms with Crippen LogP contribution in [0.25, 0.3) is 0 Å². The van der Waals surface area contributed by atoms with Crippen molar-refractivity contribution in [3.05, 3.63) is 0 Å². The smallest absolute Gasteiger partial charge is 0.475 e. The van der Waals surface area contributed by atoms with Crippen molar-refractivity contribution in [2.45, 2.75) is 31.5 Å². The summed E-state index contributed by atoms with van der Waals surface area (Å²) in [6, 6.07) is -0.00579. The van der Waals surface area contributed by atoms with Crippen molar-refractivity contribution < 1.29 is 27.9 Å². The van der Waals surface area contributed by atoms with E-state index in [0.29, 0.717) is 0 Å². The fraction of sp³-hybridized carbons (Fsp3) is 0.778. The van der Waals surface area contributed by atoms with Crippen LogP contribution in [-0.2, 0) is 9.59 Å². The molecule has 1 rings (SSSR count). The highest BCUT2D eigenvalue weighted by molar-refractivity contribution is 5.79. The van der Waals surface area contributed by atoms with Crippen LogP contribution in [0.2, 0.25) is 0 Å². The number of hydrogen-bond acceptors (Lipinski definition) is 3. The van der Waals surface area contributed by atoms with E-state index in [4.69, 9.17) is 15.6 Å². The first-order valence-electron chi connectivity index (χ1n) is 4.96. The highest BCUT2D eigenvalue weighted by atomic mass is 19.4. The molecule has 1 aliphatic heterocycles. The number of nitrogens with zero attached hydrogens (tertiary/aromatic N) is 1. The van der Waals surface area contributed by atoms with Crippen molar-refractivity contribution in [3.8, 4) is 0 Å². The van der Waals surface area contributed by atoms with Gasteiger partial charge in [-0.2, -0.15) is 13.2 Å². The average Bonchev–Trinajstić information content (AvgIpc) is 2.17. The number of carbonyl (C=O) groups excluding carboxylic acids is 1. The predicted octanol–water partition coefficient (Wildman–Crippen LogP) is 0.589. The molecule has 0 saturated carbocycles. The van der Waals surface area contributed by atoms with Crippen LogP contribution in [0, 0.1) is 0 Å². The molecule has 3 N–H and O–H groups in total. The summed E-state index contributed by atoms with van der Waals surface area (Å²) in [5.41, 5.74) is 5.18. The summed E-state index contributed by atoms with van der Waals surface area (Å²) < 4.78 is 31.7. The number of carbonyl (C=O) groups is 2. The van der Waals surface area contributed by atoms with Crippen molar-refractivity contribution in [3.63, 3.8) is 0 Å². The quantitative estimate of drug-likeness (QED) is 0.719. The maximum atomic E-state index is 10.7. The number of carboxylic acids is 1. The van der Waals surface area contributed by atoms with Gasteiger partial charge in [0.25, 0.3) is 0 Å². The normalized spacial score (nSPS) is 21.3. The van der Waals surface area contributed by atoms with Crippen LogP contribution in [0.4, 0.5) is 13.2 Å². The first-order valence-corrected chi connectivity index (χ1v) is 4.96. The second-order valence-corrected chi connectivity index (χ2v) is 3.70. The number of hydrogen-bond donors (Lipinski definition) is 2. The van der Waals surface area contributed by atoms with Gasteiger partial charge in [-0.25, -0.2) is 4.79 Å². The Morgan fingerprint density at radius 2 is 1.82 bits per heavy atom. The summed E-state index contributed by atoms with van der Waals surface area (Å²) in [7, 11) is 1.95. The Labute approximate surface area is 96.4 Å². The number of likely N-dealkylation sites (N-methyl/N-ethyl adjacent to an activating group) is 1. The zero-order valence-corrected chi connectivity index (χ0v) is 9.33. The molecule has 8 heteroatoms. The number of likely N-dealkylation sites (tertiary alicyclic amines) is 1. The molecule has 1 amide bonds. The van der Waals surface area contributed by atoms with E-state index in [0.717, 1.165) is 19.4 Å². The Morgan fingerprint density at radius 1 is 1.35 bits per heavy atom. The van der Waals surface area contributed by atoms with Gasteiger partial charge in [0.15, 0.2) is 0 Å². The molecule has 0 aromatic carbocycles. The number of aliphatic carboxylic acids is 1. The van der Waals surface area contributed by atoms with E-state index in [-0.39, 0.29) is 11.9 Å². The van der Waals surface area contributed by atoms with Crippen molar-refractivity contribution in [1.82, 2.24) is 4.90 Å². The third-order valence-electron chi connectivity index (χ3n) is 2.34. The van der Waals surface area contributed by atoms with Crippen LogP contribution in [0.5, 0.6) is 0 Å². The van der Waals surface area contributed by atoms with Crippen molar-refractivity contribution >= 4 is 11.9 Å². The van der Waals surface area contributed by atoms with Gasteiger partial charge in [0, 0.05) is 0 Å². The Balaban J connectivity index is 0.000000325. The molecule has 0 bridgehead atoms. The molecule has 1 aliphatic rings. The van der Waals surface area contributed by atoms with Crippen LogP contribution >= 0.6 is 0 Å². The molecule has 1 atom stereocenters. The summed E-state index contributed by atoms with van der Waals surface area (Å²) >= 11 is 0. The number of rotatable bonds is 1. The molecular formula is C9H15F3N2O3. The Hall–Kier alpha value is -1.31. The van der Waals surface area contributed by atoms with E-state index in [1.807, 2.05) is 11.9 Å². The summed E-state index contributed by atoms with van der Waals surface area (Å²) in [6.45, 7) is 1.01. The van der Waals surface area contributed by atoms with Crippen molar-refractivity contribution in [2.24, 2.45) is 5.73 Å². The summed E-state index contributed by atoms with van der Waals surface area (Å²) in [5, 5.41) is 7.12.